The zero-order valence-corrected chi connectivity index (χ0v) is 8.52. The Hall–Kier alpha value is -0.144. The van der Waals surface area contributed by atoms with Crippen LogP contribution in [-0.4, -0.2) is 25.1 Å². The van der Waals surface area contributed by atoms with Crippen molar-refractivity contribution in [3.8, 4) is 0 Å². The van der Waals surface area contributed by atoms with Crippen molar-refractivity contribution in [3.05, 3.63) is 36.4 Å². The van der Waals surface area contributed by atoms with Crippen LogP contribution >= 0.6 is 0 Å². The van der Waals surface area contributed by atoms with Crippen LogP contribution in [0.25, 0.3) is 6.08 Å². The van der Waals surface area contributed by atoms with E-state index in [9.17, 15) is 0 Å². The summed E-state index contributed by atoms with van der Waals surface area (Å²) in [5.74, 6) is 0. The van der Waals surface area contributed by atoms with E-state index >= 15 is 0 Å². The third-order valence-corrected chi connectivity index (χ3v) is 2.19. The molecule has 0 saturated heterocycles. The molecule has 0 unspecified atom stereocenters. The molecule has 0 N–H and O–H groups in total. The topological polar surface area (TPSA) is 0 Å². The van der Waals surface area contributed by atoms with Gasteiger partial charge in [-0.05, 0) is 0 Å². The second-order valence-electron chi connectivity index (χ2n) is 1.80. The zero-order chi connectivity index (χ0) is 6.69. The van der Waals surface area contributed by atoms with Gasteiger partial charge in [0.2, 0.25) is 0 Å². The first-order valence-corrected chi connectivity index (χ1v) is 4.48. The van der Waals surface area contributed by atoms with Gasteiger partial charge in [-0.15, -0.1) is 0 Å². The molecule has 0 aromatic heterocycles. The summed E-state index contributed by atoms with van der Waals surface area (Å²) < 4.78 is 1.40. The number of hydrogen-bond acceptors (Lipinski definition) is 0. The fourth-order valence-electron chi connectivity index (χ4n) is 0.652. The van der Waals surface area contributed by atoms with Crippen LogP contribution in [0.5, 0.6) is 0 Å². The van der Waals surface area contributed by atoms with Crippen molar-refractivity contribution in [2.75, 3.05) is 0 Å². The Kier molecular flexibility index (Phi) is 2.43. The van der Waals surface area contributed by atoms with Gasteiger partial charge in [-0.1, -0.05) is 0 Å². The first kappa shape index (κ1) is 6.97. The molecule has 0 aliphatic rings. The summed E-state index contributed by atoms with van der Waals surface area (Å²) in [4.78, 5) is 0. The van der Waals surface area contributed by atoms with E-state index in [2.05, 4.69) is 30.8 Å². The molecular formula is C8H8Po. The fraction of sp³-hybridized carbons (Fsp3) is 0. The van der Waals surface area contributed by atoms with E-state index in [-0.39, 0.29) is 0 Å². The Bertz CT molecular complexity index is 216. The van der Waals surface area contributed by atoms with Crippen LogP contribution in [0.15, 0.2) is 30.8 Å². The number of rotatable bonds is 1. The Morgan fingerprint density at radius 1 is 1.44 bits per heavy atom. The normalized spacial score (nSPS) is 9.00. The summed E-state index contributed by atoms with van der Waals surface area (Å²) in [6.45, 7) is 3.68. The Morgan fingerprint density at radius 3 is 2.67 bits per heavy atom. The van der Waals surface area contributed by atoms with Crippen LogP contribution < -0.4 is 3.22 Å². The van der Waals surface area contributed by atoms with Crippen LogP contribution in [0.1, 0.15) is 5.56 Å². The average molecular weight is 313 g/mol. The minimum atomic E-state index is 1.22. The van der Waals surface area contributed by atoms with Gasteiger partial charge < -0.3 is 0 Å². The van der Waals surface area contributed by atoms with Crippen molar-refractivity contribution >= 4 is 34.4 Å². The van der Waals surface area contributed by atoms with Gasteiger partial charge in [0.1, 0.15) is 0 Å². The fourth-order valence-corrected chi connectivity index (χ4v) is 1.57. The second-order valence-corrected chi connectivity index (χ2v) is 3.81. The van der Waals surface area contributed by atoms with Crippen LogP contribution in [0, 0.1) is 0 Å². The SMILES string of the molecule is C=Cc1ccc[c]([PoH])c1. The molecule has 0 nitrogen and oxygen atoms in total. The average Bonchev–Trinajstić information content (AvgIpc) is 1.88. The first-order chi connectivity index (χ1) is 4.33. The molecule has 0 aliphatic heterocycles. The maximum absolute atomic E-state index is 3.68. The zero-order valence-electron chi connectivity index (χ0n) is 5.04. The summed E-state index contributed by atoms with van der Waals surface area (Å²) >= 11 is 1.32. The molecule has 9 heavy (non-hydrogen) atoms. The number of hydrogen-bond donors (Lipinski definition) is 0. The van der Waals surface area contributed by atoms with Gasteiger partial charge in [-0.2, -0.15) is 0 Å². The van der Waals surface area contributed by atoms with Crippen molar-refractivity contribution in [2.24, 2.45) is 0 Å². The van der Waals surface area contributed by atoms with E-state index in [0.29, 0.717) is 0 Å². The Balaban J connectivity index is 3.07. The van der Waals surface area contributed by atoms with Gasteiger partial charge in [0, 0.05) is 0 Å². The van der Waals surface area contributed by atoms with Crippen molar-refractivity contribution in [1.29, 1.82) is 0 Å². The molecule has 1 aromatic carbocycles. The molecule has 0 fully saturated rings. The molecule has 1 rings (SSSR count). The van der Waals surface area contributed by atoms with Gasteiger partial charge in [0.15, 0.2) is 0 Å². The summed E-state index contributed by atoms with van der Waals surface area (Å²) in [6, 6.07) is 8.40. The maximum atomic E-state index is 3.68. The molecule has 1 aromatic rings. The van der Waals surface area contributed by atoms with E-state index in [1.165, 1.54) is 33.9 Å². The third-order valence-electron chi connectivity index (χ3n) is 1.11. The third kappa shape index (κ3) is 1.92. The molecule has 0 saturated carbocycles. The summed E-state index contributed by atoms with van der Waals surface area (Å²) in [5.41, 5.74) is 1.22. The van der Waals surface area contributed by atoms with E-state index in [1.807, 2.05) is 6.08 Å². The van der Waals surface area contributed by atoms with Crippen LogP contribution in [0.2, 0.25) is 0 Å². The van der Waals surface area contributed by atoms with Gasteiger partial charge >= 0.3 is 70.8 Å². The minimum absolute atomic E-state index is 1.22. The Labute approximate surface area is 70.7 Å². The molecule has 0 bridgehead atoms. The predicted octanol–water partition coefficient (Wildman–Crippen LogP) is 0.856. The summed E-state index contributed by atoms with van der Waals surface area (Å²) in [6.07, 6.45) is 1.87. The molecule has 46 valence electrons. The van der Waals surface area contributed by atoms with E-state index < -0.39 is 0 Å². The van der Waals surface area contributed by atoms with Crippen molar-refractivity contribution in [3.63, 3.8) is 0 Å². The van der Waals surface area contributed by atoms with Crippen LogP contribution in [0.4, 0.5) is 0 Å². The second kappa shape index (κ2) is 3.13. The standard InChI is InChI=1S/C8H7.Po.H/c1-2-8-6-4-3-5-7-8;;/h2-4,6-7H,1H2;;. The van der Waals surface area contributed by atoms with Gasteiger partial charge in [0.05, 0.1) is 0 Å². The van der Waals surface area contributed by atoms with E-state index in [1.54, 1.807) is 0 Å². The molecule has 0 aliphatic carbocycles. The van der Waals surface area contributed by atoms with Crippen molar-refractivity contribution in [1.82, 2.24) is 0 Å². The Morgan fingerprint density at radius 2 is 2.22 bits per heavy atom. The summed E-state index contributed by atoms with van der Waals surface area (Å²) in [7, 11) is 0. The molecule has 0 atom stereocenters. The quantitative estimate of drug-likeness (QED) is 0.721. The van der Waals surface area contributed by atoms with Gasteiger partial charge in [-0.25, -0.2) is 0 Å². The molecule has 0 radical (unpaired) electrons. The van der Waals surface area contributed by atoms with Crippen molar-refractivity contribution in [2.45, 2.75) is 0 Å². The van der Waals surface area contributed by atoms with E-state index in [0.717, 1.165) is 0 Å². The van der Waals surface area contributed by atoms with Crippen LogP contribution in [-0.2, 0) is 0 Å². The number of benzene rings is 1. The van der Waals surface area contributed by atoms with Gasteiger partial charge in [-0.3, -0.25) is 0 Å². The van der Waals surface area contributed by atoms with E-state index in [4.69, 9.17) is 0 Å². The summed E-state index contributed by atoms with van der Waals surface area (Å²) in [5, 5.41) is 0. The first-order valence-electron chi connectivity index (χ1n) is 2.74. The molecule has 0 spiro atoms. The predicted molar refractivity (Wildman–Crippen MR) is 43.3 cm³/mol. The van der Waals surface area contributed by atoms with Crippen molar-refractivity contribution < 1.29 is 0 Å². The molecule has 0 heterocycles. The van der Waals surface area contributed by atoms with Crippen LogP contribution in [0.3, 0.4) is 0 Å². The molecule has 0 amide bonds. The monoisotopic (exact) mass is 313 g/mol. The molecule has 1 heteroatoms. The van der Waals surface area contributed by atoms with Gasteiger partial charge in [0.25, 0.3) is 0 Å². The molecular weight excluding hydrogens is 305 g/mol.